The summed E-state index contributed by atoms with van der Waals surface area (Å²) in [6.07, 6.45) is 0.289. The monoisotopic (exact) mass is 341 g/mol. The van der Waals surface area contributed by atoms with Gasteiger partial charge in [0.2, 0.25) is 11.8 Å². The van der Waals surface area contributed by atoms with E-state index in [-0.39, 0.29) is 12.3 Å². The van der Waals surface area contributed by atoms with Gasteiger partial charge >= 0.3 is 0 Å². The maximum Gasteiger partial charge on any atom is 0.231 e. The van der Waals surface area contributed by atoms with Crippen LogP contribution in [0.15, 0.2) is 58.3 Å². The molecular formula is C18H12ClNO2S. The molecule has 0 spiro atoms. The van der Waals surface area contributed by atoms with Gasteiger partial charge in [-0.2, -0.15) is 0 Å². The lowest BCUT2D eigenvalue weighted by molar-refractivity contribution is -0.115. The number of anilines is 1. The predicted molar refractivity (Wildman–Crippen MR) is 95.4 cm³/mol. The van der Waals surface area contributed by atoms with Gasteiger partial charge in [0.05, 0.1) is 6.42 Å². The molecule has 0 fully saturated rings. The second kappa shape index (κ2) is 5.72. The van der Waals surface area contributed by atoms with Crippen molar-refractivity contribution in [3.63, 3.8) is 0 Å². The topological polar surface area (TPSA) is 42.2 Å². The van der Waals surface area contributed by atoms with E-state index in [4.69, 9.17) is 16.0 Å². The Hall–Kier alpha value is -2.30. The minimum atomic E-state index is -0.108. The molecule has 0 atom stereocenters. The van der Waals surface area contributed by atoms with Crippen molar-refractivity contribution >= 4 is 55.8 Å². The molecule has 0 saturated heterocycles. The van der Waals surface area contributed by atoms with E-state index in [1.807, 2.05) is 53.9 Å². The van der Waals surface area contributed by atoms with Crippen LogP contribution in [0, 0.1) is 0 Å². The summed E-state index contributed by atoms with van der Waals surface area (Å²) < 4.78 is 6.74. The summed E-state index contributed by atoms with van der Waals surface area (Å²) in [4.78, 5) is 12.3. The minimum absolute atomic E-state index is 0.108. The zero-order valence-electron chi connectivity index (χ0n) is 12.0. The molecule has 2 aromatic heterocycles. The van der Waals surface area contributed by atoms with Crippen LogP contribution in [0.25, 0.3) is 21.1 Å². The highest BCUT2D eigenvalue weighted by Crippen LogP contribution is 2.29. The van der Waals surface area contributed by atoms with Crippen LogP contribution in [0.4, 0.5) is 5.88 Å². The lowest BCUT2D eigenvalue weighted by Crippen LogP contribution is -2.13. The average Bonchev–Trinajstić information content (AvgIpc) is 3.10. The maximum atomic E-state index is 12.3. The standard InChI is InChI=1S/C18H12ClNO2S/c19-13-5-6-16-14(9-13)12(10-23-16)7-17(21)20-18-8-11-3-1-2-4-15(11)22-18/h1-6,8-10H,7H2,(H,20,21). The Morgan fingerprint density at radius 3 is 2.91 bits per heavy atom. The predicted octanol–water partition coefficient (Wildman–Crippen LogP) is 5.48. The first kappa shape index (κ1) is 14.3. The third kappa shape index (κ3) is 2.83. The molecule has 0 bridgehead atoms. The molecule has 23 heavy (non-hydrogen) atoms. The number of rotatable bonds is 3. The number of hydrogen-bond acceptors (Lipinski definition) is 3. The molecule has 0 saturated carbocycles. The molecule has 0 aliphatic rings. The Morgan fingerprint density at radius 2 is 2.04 bits per heavy atom. The van der Waals surface area contributed by atoms with E-state index >= 15 is 0 Å². The number of carbonyl (C=O) groups excluding carboxylic acids is 1. The van der Waals surface area contributed by atoms with Crippen LogP contribution in [0.1, 0.15) is 5.56 Å². The summed E-state index contributed by atoms with van der Waals surface area (Å²) in [5, 5.41) is 7.49. The second-order valence-corrected chi connectivity index (χ2v) is 6.62. The van der Waals surface area contributed by atoms with Crippen LogP contribution in [0.3, 0.4) is 0 Å². The van der Waals surface area contributed by atoms with Gasteiger partial charge in [0.25, 0.3) is 0 Å². The van der Waals surface area contributed by atoms with Crippen LogP contribution in [-0.4, -0.2) is 5.91 Å². The van der Waals surface area contributed by atoms with Gasteiger partial charge in [0.15, 0.2) is 0 Å². The van der Waals surface area contributed by atoms with E-state index < -0.39 is 0 Å². The van der Waals surface area contributed by atoms with Gasteiger partial charge in [-0.3, -0.25) is 10.1 Å². The van der Waals surface area contributed by atoms with Crippen LogP contribution in [0.2, 0.25) is 5.02 Å². The first-order chi connectivity index (χ1) is 11.2. The number of furan rings is 1. The van der Waals surface area contributed by atoms with Gasteiger partial charge in [0.1, 0.15) is 5.58 Å². The van der Waals surface area contributed by atoms with Gasteiger partial charge in [-0.05, 0) is 40.6 Å². The molecule has 3 nitrogen and oxygen atoms in total. The number of carbonyl (C=O) groups is 1. The van der Waals surface area contributed by atoms with Gasteiger partial charge in [-0.15, -0.1) is 11.3 Å². The highest BCUT2D eigenvalue weighted by atomic mass is 35.5. The third-order valence-electron chi connectivity index (χ3n) is 3.65. The van der Waals surface area contributed by atoms with Crippen LogP contribution >= 0.6 is 22.9 Å². The van der Waals surface area contributed by atoms with Crippen molar-refractivity contribution in [3.8, 4) is 0 Å². The minimum Gasteiger partial charge on any atom is -0.440 e. The Kier molecular flexibility index (Phi) is 3.56. The number of para-hydroxylation sites is 1. The molecule has 2 heterocycles. The summed E-state index contributed by atoms with van der Waals surface area (Å²) in [6.45, 7) is 0. The molecule has 4 rings (SSSR count). The summed E-state index contributed by atoms with van der Waals surface area (Å²) in [6, 6.07) is 15.2. The van der Waals surface area contributed by atoms with E-state index in [0.29, 0.717) is 10.9 Å². The van der Waals surface area contributed by atoms with Crippen molar-refractivity contribution in [1.82, 2.24) is 0 Å². The van der Waals surface area contributed by atoms with Crippen molar-refractivity contribution in [1.29, 1.82) is 0 Å². The largest absolute Gasteiger partial charge is 0.440 e. The zero-order valence-corrected chi connectivity index (χ0v) is 13.6. The van der Waals surface area contributed by atoms with E-state index in [1.54, 1.807) is 11.3 Å². The summed E-state index contributed by atoms with van der Waals surface area (Å²) >= 11 is 7.66. The molecule has 0 aliphatic carbocycles. The van der Waals surface area contributed by atoms with Crippen molar-refractivity contribution in [2.75, 3.05) is 5.32 Å². The molecule has 5 heteroatoms. The van der Waals surface area contributed by atoms with E-state index in [2.05, 4.69) is 5.32 Å². The van der Waals surface area contributed by atoms with Crippen molar-refractivity contribution < 1.29 is 9.21 Å². The normalized spacial score (nSPS) is 11.2. The van der Waals surface area contributed by atoms with E-state index in [9.17, 15) is 4.79 Å². The number of hydrogen-bond donors (Lipinski definition) is 1. The summed E-state index contributed by atoms with van der Waals surface area (Å²) in [5.41, 5.74) is 1.73. The summed E-state index contributed by atoms with van der Waals surface area (Å²) in [5.74, 6) is 0.359. The van der Waals surface area contributed by atoms with Crippen molar-refractivity contribution in [3.05, 3.63) is 64.5 Å². The Morgan fingerprint density at radius 1 is 1.17 bits per heavy atom. The quantitative estimate of drug-likeness (QED) is 0.536. The molecule has 1 N–H and O–H groups in total. The van der Waals surface area contributed by atoms with E-state index in [0.717, 1.165) is 26.6 Å². The highest BCUT2D eigenvalue weighted by Gasteiger charge is 2.12. The van der Waals surface area contributed by atoms with Crippen LogP contribution in [0.5, 0.6) is 0 Å². The van der Waals surface area contributed by atoms with Gasteiger partial charge in [0, 0.05) is 21.2 Å². The van der Waals surface area contributed by atoms with Crippen molar-refractivity contribution in [2.24, 2.45) is 0 Å². The number of amides is 1. The average molecular weight is 342 g/mol. The SMILES string of the molecule is O=C(Cc1csc2ccc(Cl)cc12)Nc1cc2ccccc2o1. The van der Waals surface area contributed by atoms with E-state index in [1.165, 1.54) is 0 Å². The molecule has 114 valence electrons. The zero-order chi connectivity index (χ0) is 15.8. The molecule has 0 aliphatic heterocycles. The maximum absolute atomic E-state index is 12.3. The fraction of sp³-hybridized carbons (Fsp3) is 0.0556. The lowest BCUT2D eigenvalue weighted by Gasteiger charge is -2.01. The fourth-order valence-corrected chi connectivity index (χ4v) is 3.70. The second-order valence-electron chi connectivity index (χ2n) is 5.27. The number of benzene rings is 2. The Bertz CT molecular complexity index is 985. The van der Waals surface area contributed by atoms with Gasteiger partial charge < -0.3 is 4.42 Å². The molecule has 1 amide bonds. The fourth-order valence-electron chi connectivity index (χ4n) is 2.59. The Balaban J connectivity index is 1.56. The van der Waals surface area contributed by atoms with Crippen molar-refractivity contribution in [2.45, 2.75) is 6.42 Å². The number of thiophene rings is 1. The number of nitrogens with one attached hydrogen (secondary N) is 1. The van der Waals surface area contributed by atoms with Crippen LogP contribution in [-0.2, 0) is 11.2 Å². The Labute approximate surface area is 141 Å². The molecule has 4 aromatic rings. The smallest absolute Gasteiger partial charge is 0.231 e. The number of fused-ring (bicyclic) bond motifs is 2. The number of halogens is 1. The highest BCUT2D eigenvalue weighted by molar-refractivity contribution is 7.17. The first-order valence-corrected chi connectivity index (χ1v) is 8.39. The molecule has 0 unspecified atom stereocenters. The summed E-state index contributed by atoms with van der Waals surface area (Å²) in [7, 11) is 0. The third-order valence-corrected chi connectivity index (χ3v) is 4.90. The van der Waals surface area contributed by atoms with Crippen LogP contribution < -0.4 is 5.32 Å². The van der Waals surface area contributed by atoms with Gasteiger partial charge in [-0.1, -0.05) is 29.8 Å². The molecule has 0 radical (unpaired) electrons. The molecule has 2 aromatic carbocycles. The first-order valence-electron chi connectivity index (χ1n) is 7.13. The lowest BCUT2D eigenvalue weighted by atomic mass is 10.1. The molecular weight excluding hydrogens is 330 g/mol. The van der Waals surface area contributed by atoms with Gasteiger partial charge in [-0.25, -0.2) is 0 Å².